The summed E-state index contributed by atoms with van der Waals surface area (Å²) < 4.78 is 0. The van der Waals surface area contributed by atoms with Gasteiger partial charge in [-0.05, 0) is 25.7 Å². The molecule has 124 valence electrons. The third-order valence-electron chi connectivity index (χ3n) is 4.35. The summed E-state index contributed by atoms with van der Waals surface area (Å²) in [5.74, 6) is -0.0126. The molecule has 1 atom stereocenters. The minimum atomic E-state index is -0.0739. The van der Waals surface area contributed by atoms with Gasteiger partial charge in [-0.3, -0.25) is 14.4 Å². The maximum absolute atomic E-state index is 12.5. The van der Waals surface area contributed by atoms with Crippen LogP contribution in [-0.4, -0.2) is 66.3 Å². The van der Waals surface area contributed by atoms with Gasteiger partial charge in [0.25, 0.3) is 0 Å². The summed E-state index contributed by atoms with van der Waals surface area (Å²) in [6, 6.07) is 0.0284. The molecule has 2 aliphatic heterocycles. The quantitative estimate of drug-likeness (QED) is 0.688. The Hall–Kier alpha value is -1.63. The molecule has 2 fully saturated rings. The smallest absolute Gasteiger partial charge is 0.242 e. The largest absolute Gasteiger partial charge is 0.354 e. The Morgan fingerprint density at radius 1 is 1.23 bits per heavy atom. The van der Waals surface area contributed by atoms with Gasteiger partial charge in [0.05, 0.1) is 6.54 Å². The van der Waals surface area contributed by atoms with Crippen molar-refractivity contribution in [2.45, 2.75) is 44.6 Å². The predicted molar refractivity (Wildman–Crippen MR) is 81.8 cm³/mol. The number of nitrogens with one attached hydrogen (secondary N) is 1. The van der Waals surface area contributed by atoms with Crippen LogP contribution in [0.4, 0.5) is 0 Å². The van der Waals surface area contributed by atoms with E-state index in [0.29, 0.717) is 39.0 Å². The van der Waals surface area contributed by atoms with Crippen LogP contribution in [0.1, 0.15) is 38.5 Å². The van der Waals surface area contributed by atoms with E-state index in [-0.39, 0.29) is 30.3 Å². The van der Waals surface area contributed by atoms with Crippen LogP contribution in [-0.2, 0) is 14.4 Å². The van der Waals surface area contributed by atoms with E-state index in [9.17, 15) is 14.4 Å². The molecule has 3 N–H and O–H groups in total. The summed E-state index contributed by atoms with van der Waals surface area (Å²) in [7, 11) is 0. The van der Waals surface area contributed by atoms with E-state index in [2.05, 4.69) is 5.32 Å². The van der Waals surface area contributed by atoms with E-state index in [1.54, 1.807) is 4.90 Å². The number of hydrogen-bond acceptors (Lipinski definition) is 4. The normalized spacial score (nSPS) is 22.0. The highest BCUT2D eigenvalue weighted by Crippen LogP contribution is 2.18. The van der Waals surface area contributed by atoms with E-state index >= 15 is 0 Å². The van der Waals surface area contributed by atoms with Crippen LogP contribution in [0.5, 0.6) is 0 Å². The van der Waals surface area contributed by atoms with Crippen molar-refractivity contribution in [2.24, 2.45) is 5.73 Å². The van der Waals surface area contributed by atoms with Gasteiger partial charge < -0.3 is 20.9 Å². The Balaban J connectivity index is 1.86. The number of likely N-dealkylation sites (tertiary alicyclic amines) is 2. The maximum atomic E-state index is 12.5. The van der Waals surface area contributed by atoms with E-state index in [1.807, 2.05) is 4.90 Å². The third kappa shape index (κ3) is 4.43. The first-order chi connectivity index (χ1) is 10.6. The number of nitrogens with two attached hydrogens (primary N) is 1. The van der Waals surface area contributed by atoms with Gasteiger partial charge in [0.1, 0.15) is 0 Å². The monoisotopic (exact) mass is 310 g/mol. The van der Waals surface area contributed by atoms with E-state index in [1.165, 1.54) is 0 Å². The fourth-order valence-electron chi connectivity index (χ4n) is 3.12. The molecule has 0 bridgehead atoms. The average molecular weight is 310 g/mol. The van der Waals surface area contributed by atoms with Gasteiger partial charge in [-0.1, -0.05) is 0 Å². The van der Waals surface area contributed by atoms with E-state index < -0.39 is 0 Å². The lowest BCUT2D eigenvalue weighted by Crippen LogP contribution is -2.52. The molecule has 0 spiro atoms. The average Bonchev–Trinajstić information content (AvgIpc) is 2.91. The molecule has 7 heteroatoms. The lowest BCUT2D eigenvalue weighted by atomic mass is 10.0. The number of nitrogens with zero attached hydrogens (tertiary/aromatic N) is 2. The molecule has 0 aromatic heterocycles. The fourth-order valence-corrected chi connectivity index (χ4v) is 3.12. The maximum Gasteiger partial charge on any atom is 0.242 e. The zero-order valence-electron chi connectivity index (χ0n) is 13.1. The highest BCUT2D eigenvalue weighted by molar-refractivity contribution is 5.86. The Morgan fingerprint density at radius 3 is 2.73 bits per heavy atom. The third-order valence-corrected chi connectivity index (χ3v) is 4.35. The van der Waals surface area contributed by atoms with Gasteiger partial charge in [-0.25, -0.2) is 0 Å². The second-order valence-corrected chi connectivity index (χ2v) is 6.00. The van der Waals surface area contributed by atoms with Crippen molar-refractivity contribution in [1.82, 2.24) is 15.1 Å². The van der Waals surface area contributed by atoms with Crippen LogP contribution in [0.25, 0.3) is 0 Å². The first-order valence-corrected chi connectivity index (χ1v) is 8.16. The van der Waals surface area contributed by atoms with E-state index in [0.717, 1.165) is 25.7 Å². The van der Waals surface area contributed by atoms with Crippen LogP contribution in [0, 0.1) is 0 Å². The van der Waals surface area contributed by atoms with Crippen LogP contribution >= 0.6 is 0 Å². The van der Waals surface area contributed by atoms with Gasteiger partial charge in [0, 0.05) is 45.1 Å². The number of rotatable bonds is 6. The zero-order valence-corrected chi connectivity index (χ0v) is 13.1. The first-order valence-electron chi connectivity index (χ1n) is 8.16. The topological polar surface area (TPSA) is 95.7 Å². The Kier molecular flexibility index (Phi) is 6.18. The van der Waals surface area contributed by atoms with Gasteiger partial charge in [-0.2, -0.15) is 0 Å². The van der Waals surface area contributed by atoms with Gasteiger partial charge in [0.15, 0.2) is 0 Å². The highest BCUT2D eigenvalue weighted by atomic mass is 16.2. The number of carbonyl (C=O) groups excluding carboxylic acids is 3. The number of carbonyl (C=O) groups is 3. The first kappa shape index (κ1) is 16.7. The van der Waals surface area contributed by atoms with Crippen molar-refractivity contribution in [3.8, 4) is 0 Å². The summed E-state index contributed by atoms with van der Waals surface area (Å²) in [6.45, 7) is 2.36. The predicted octanol–water partition coefficient (Wildman–Crippen LogP) is -0.545. The van der Waals surface area contributed by atoms with Crippen molar-refractivity contribution in [3.05, 3.63) is 0 Å². The summed E-state index contributed by atoms with van der Waals surface area (Å²) in [4.78, 5) is 39.1. The second-order valence-electron chi connectivity index (χ2n) is 6.00. The summed E-state index contributed by atoms with van der Waals surface area (Å²) in [6.07, 6.45) is 4.62. The fraction of sp³-hybridized carbons (Fsp3) is 0.800. The lowest BCUT2D eigenvalue weighted by Gasteiger charge is -2.36. The molecule has 0 aromatic rings. The summed E-state index contributed by atoms with van der Waals surface area (Å²) in [5, 5.41) is 2.85. The van der Waals surface area contributed by atoms with Crippen LogP contribution in [0.2, 0.25) is 0 Å². The Labute approximate surface area is 131 Å². The van der Waals surface area contributed by atoms with Crippen molar-refractivity contribution in [2.75, 3.05) is 32.7 Å². The van der Waals surface area contributed by atoms with Crippen molar-refractivity contribution in [1.29, 1.82) is 0 Å². The second kappa shape index (κ2) is 8.12. The molecule has 0 aliphatic carbocycles. The molecule has 2 saturated heterocycles. The van der Waals surface area contributed by atoms with Crippen molar-refractivity contribution in [3.63, 3.8) is 0 Å². The van der Waals surface area contributed by atoms with Crippen LogP contribution in [0.3, 0.4) is 0 Å². The molecule has 2 rings (SSSR count). The summed E-state index contributed by atoms with van der Waals surface area (Å²) in [5.41, 5.74) is 5.36. The molecule has 3 amide bonds. The molecular formula is C15H26N4O3. The number of amides is 3. The van der Waals surface area contributed by atoms with Crippen molar-refractivity contribution >= 4 is 17.7 Å². The minimum Gasteiger partial charge on any atom is -0.354 e. The number of hydrogen-bond donors (Lipinski definition) is 2. The molecule has 0 saturated carbocycles. The summed E-state index contributed by atoms with van der Waals surface area (Å²) >= 11 is 0. The molecule has 1 unspecified atom stereocenters. The van der Waals surface area contributed by atoms with Gasteiger partial charge in [-0.15, -0.1) is 0 Å². The standard InChI is InChI=1S/C15H26N4O3/c16-7-6-13(20)17-10-12-4-1-2-9-19(12)15(22)11-18-8-3-5-14(18)21/h12H,1-11,16H2,(H,17,20). The minimum absolute atomic E-state index is 0.00646. The molecular weight excluding hydrogens is 284 g/mol. The Morgan fingerprint density at radius 2 is 2.05 bits per heavy atom. The lowest BCUT2D eigenvalue weighted by molar-refractivity contribution is -0.141. The molecule has 2 heterocycles. The van der Waals surface area contributed by atoms with E-state index in [4.69, 9.17) is 5.73 Å². The van der Waals surface area contributed by atoms with Crippen molar-refractivity contribution < 1.29 is 14.4 Å². The molecule has 7 nitrogen and oxygen atoms in total. The molecule has 22 heavy (non-hydrogen) atoms. The van der Waals surface area contributed by atoms with Gasteiger partial charge in [0.2, 0.25) is 17.7 Å². The Bertz CT molecular complexity index is 427. The van der Waals surface area contributed by atoms with Crippen LogP contribution < -0.4 is 11.1 Å². The molecule has 0 aromatic carbocycles. The zero-order chi connectivity index (χ0) is 15.9. The number of piperidine rings is 1. The molecule has 2 aliphatic rings. The SMILES string of the molecule is NCCC(=O)NCC1CCCCN1C(=O)CN1CCCC1=O. The van der Waals surface area contributed by atoms with Gasteiger partial charge >= 0.3 is 0 Å². The molecule has 0 radical (unpaired) electrons. The highest BCUT2D eigenvalue weighted by Gasteiger charge is 2.30. The van der Waals surface area contributed by atoms with Crippen LogP contribution in [0.15, 0.2) is 0 Å².